The van der Waals surface area contributed by atoms with E-state index in [0.717, 1.165) is 49.6 Å². The number of hydrogen-bond donors (Lipinski definition) is 0. The summed E-state index contributed by atoms with van der Waals surface area (Å²) in [7, 11) is 3.33. The number of piperazine rings is 1. The summed E-state index contributed by atoms with van der Waals surface area (Å²) in [6, 6.07) is 18.0. The van der Waals surface area contributed by atoms with Crippen LogP contribution in [0.25, 0.3) is 0 Å². The van der Waals surface area contributed by atoms with Crippen molar-refractivity contribution in [2.24, 2.45) is 0 Å². The van der Waals surface area contributed by atoms with Crippen LogP contribution in [-0.4, -0.2) is 68.8 Å². The van der Waals surface area contributed by atoms with Crippen LogP contribution in [0.1, 0.15) is 133 Å². The lowest BCUT2D eigenvalue weighted by Crippen LogP contribution is -2.49. The highest BCUT2D eigenvalue weighted by atomic mass is 35.5. The smallest absolute Gasteiger partial charge is 0.321 e. The fourth-order valence-electron chi connectivity index (χ4n) is 7.33. The maximum Gasteiger partial charge on any atom is 0.321 e. The number of carbonyl (C=O) groups excluding carboxylic acids is 1. The van der Waals surface area contributed by atoms with Gasteiger partial charge in [0.05, 0.1) is 13.2 Å². The second-order valence-electron chi connectivity index (χ2n) is 14.0. The summed E-state index contributed by atoms with van der Waals surface area (Å²) in [6.07, 6.45) is 22.5. The van der Waals surface area contributed by atoms with Gasteiger partial charge in [0.25, 0.3) is 0 Å². The molecule has 2 fully saturated rings. The lowest BCUT2D eigenvalue weighted by Gasteiger charge is -2.39. The Morgan fingerprint density at radius 1 is 0.714 bits per heavy atom. The van der Waals surface area contributed by atoms with Gasteiger partial charge in [0.15, 0.2) is 6.23 Å². The maximum absolute atomic E-state index is 13.9. The van der Waals surface area contributed by atoms with Crippen LogP contribution in [0, 0.1) is 0 Å². The minimum Gasteiger partial charge on any atom is -0.497 e. The van der Waals surface area contributed by atoms with Crippen molar-refractivity contribution in [1.82, 2.24) is 9.80 Å². The molecule has 1 unspecified atom stereocenters. The normalized spacial score (nSPS) is 19.8. The van der Waals surface area contributed by atoms with Crippen molar-refractivity contribution in [1.29, 1.82) is 0 Å². The molecule has 8 heteroatoms. The van der Waals surface area contributed by atoms with Crippen molar-refractivity contribution in [3.8, 4) is 5.75 Å². The van der Waals surface area contributed by atoms with Gasteiger partial charge in [-0.2, -0.15) is 0 Å². The first-order valence-electron chi connectivity index (χ1n) is 19.0. The molecule has 0 aromatic heterocycles. The fraction of sp³-hybridized carbons (Fsp3) is 0.683. The van der Waals surface area contributed by atoms with Gasteiger partial charge in [-0.3, -0.25) is 9.69 Å². The van der Waals surface area contributed by atoms with Crippen molar-refractivity contribution in [3.05, 3.63) is 65.7 Å². The summed E-state index contributed by atoms with van der Waals surface area (Å²) in [4.78, 5) is 18.9. The predicted octanol–water partition coefficient (Wildman–Crippen LogP) is 10.3. The number of ether oxygens (including phenoxy) is 3. The van der Waals surface area contributed by atoms with Gasteiger partial charge in [0, 0.05) is 38.9 Å². The van der Waals surface area contributed by atoms with Crippen molar-refractivity contribution in [2.75, 3.05) is 46.9 Å². The van der Waals surface area contributed by atoms with Crippen LogP contribution in [0.5, 0.6) is 5.75 Å². The number of methoxy groups -OCH3 is 2. The highest BCUT2D eigenvalue weighted by molar-refractivity contribution is 5.88. The quantitative estimate of drug-likeness (QED) is 0.0795. The fourth-order valence-corrected chi connectivity index (χ4v) is 7.33. The minimum atomic E-state index is -0.775. The summed E-state index contributed by atoms with van der Waals surface area (Å²) >= 11 is 0. The number of carbonyl (C=O) groups is 1. The van der Waals surface area contributed by atoms with E-state index in [1.807, 2.05) is 42.5 Å². The van der Waals surface area contributed by atoms with Crippen molar-refractivity contribution in [3.63, 3.8) is 0 Å². The third-order valence-electron chi connectivity index (χ3n) is 10.5. The highest BCUT2D eigenvalue weighted by Gasteiger charge is 2.64. The Kier molecular flexibility index (Phi) is 21.6. The molecular formula is C41H66Cl2N2O4. The molecule has 2 aromatic carbocycles. The Bertz CT molecular complexity index is 1130. The molecule has 0 amide bonds. The average Bonchev–Trinajstić information content (AvgIpc) is 3.87. The lowest BCUT2D eigenvalue weighted by atomic mass is 9.95. The molecule has 1 aliphatic carbocycles. The molecule has 0 spiro atoms. The van der Waals surface area contributed by atoms with Crippen LogP contribution in [0.4, 0.5) is 0 Å². The number of rotatable bonds is 24. The molecule has 6 nitrogen and oxygen atoms in total. The summed E-state index contributed by atoms with van der Waals surface area (Å²) in [5, 5.41) is 0. The topological polar surface area (TPSA) is 51.2 Å². The lowest BCUT2D eigenvalue weighted by molar-refractivity contribution is -0.166. The second-order valence-corrected chi connectivity index (χ2v) is 14.0. The van der Waals surface area contributed by atoms with E-state index < -0.39 is 11.6 Å². The van der Waals surface area contributed by atoms with E-state index in [-0.39, 0.29) is 36.9 Å². The Morgan fingerprint density at radius 2 is 1.22 bits per heavy atom. The number of nitrogens with zero attached hydrogens (tertiary/aromatic N) is 2. The largest absolute Gasteiger partial charge is 0.497 e. The second kappa shape index (κ2) is 24.4. The molecule has 2 aromatic rings. The first-order chi connectivity index (χ1) is 23.1. The molecule has 278 valence electrons. The summed E-state index contributed by atoms with van der Waals surface area (Å²) in [5.41, 5.74) is 1.17. The molecule has 1 saturated heterocycles. The van der Waals surface area contributed by atoms with E-state index in [4.69, 9.17) is 14.2 Å². The van der Waals surface area contributed by atoms with Crippen LogP contribution in [-0.2, 0) is 19.7 Å². The molecular weight excluding hydrogens is 655 g/mol. The molecule has 2 aliphatic rings. The number of halogens is 2. The molecule has 3 atom stereocenters. The molecule has 0 N–H and O–H groups in total. The van der Waals surface area contributed by atoms with E-state index in [2.05, 4.69) is 28.9 Å². The van der Waals surface area contributed by atoms with Gasteiger partial charge >= 0.3 is 5.97 Å². The van der Waals surface area contributed by atoms with Crippen molar-refractivity contribution >= 4 is 30.8 Å². The van der Waals surface area contributed by atoms with Crippen LogP contribution in [0.2, 0.25) is 0 Å². The minimum absolute atomic E-state index is 0. The van der Waals surface area contributed by atoms with Gasteiger partial charge in [0.2, 0.25) is 0 Å². The van der Waals surface area contributed by atoms with E-state index in [0.29, 0.717) is 6.42 Å². The van der Waals surface area contributed by atoms with Crippen LogP contribution in [0.3, 0.4) is 0 Å². The van der Waals surface area contributed by atoms with Gasteiger partial charge in [-0.05, 0) is 37.1 Å². The zero-order valence-corrected chi connectivity index (χ0v) is 32.4. The monoisotopic (exact) mass is 720 g/mol. The number of unbranched alkanes of at least 4 members (excludes halogenated alkanes) is 15. The van der Waals surface area contributed by atoms with Gasteiger partial charge < -0.3 is 19.1 Å². The first-order valence-corrected chi connectivity index (χ1v) is 19.0. The van der Waals surface area contributed by atoms with Gasteiger partial charge in [-0.15, -0.1) is 24.8 Å². The molecule has 1 aliphatic heterocycles. The Balaban J connectivity index is 0.00000417. The third kappa shape index (κ3) is 13.7. The van der Waals surface area contributed by atoms with E-state index in [9.17, 15) is 4.79 Å². The van der Waals surface area contributed by atoms with E-state index >= 15 is 0 Å². The maximum atomic E-state index is 13.9. The number of hydrogen-bond acceptors (Lipinski definition) is 6. The summed E-state index contributed by atoms with van der Waals surface area (Å²) in [5.74, 6) is 0.561. The molecule has 4 rings (SSSR count). The van der Waals surface area contributed by atoms with Gasteiger partial charge in [-0.25, -0.2) is 0 Å². The Hall–Kier alpha value is -1.83. The first kappa shape index (κ1) is 43.3. The van der Waals surface area contributed by atoms with Crippen molar-refractivity contribution < 1.29 is 19.0 Å². The van der Waals surface area contributed by atoms with Gasteiger partial charge in [-0.1, -0.05) is 146 Å². The third-order valence-corrected chi connectivity index (χ3v) is 10.5. The molecule has 1 heterocycles. The standard InChI is InChI=1S/C41H64N2O4.2ClH/c1-4-5-6-7-8-9-10-11-12-13-14-15-16-17-18-22-29-42-30-32-43(33-31-42)39(35-23-20-19-21-24-35)47-40(44)41(34-38(41)46-3)36-25-27-37(45-2)28-26-36;;/h19-21,23-28,38-39H,4-18,22,29-34H2,1-3H3;2*1H/t38-,39?,41-;;/m1../s1. The zero-order valence-electron chi connectivity index (χ0n) is 30.8. The average molecular weight is 722 g/mol. The molecule has 0 bridgehead atoms. The number of esters is 1. The van der Waals surface area contributed by atoms with Gasteiger partial charge in [0.1, 0.15) is 11.2 Å². The summed E-state index contributed by atoms with van der Waals surface area (Å²) in [6.45, 7) is 7.23. The molecule has 49 heavy (non-hydrogen) atoms. The van der Waals surface area contributed by atoms with E-state index in [1.54, 1.807) is 14.2 Å². The number of benzene rings is 2. The SMILES string of the molecule is CCCCCCCCCCCCCCCCCCN1CCN(C(OC(=O)[C@@]2(c3ccc(OC)cc3)C[C@H]2OC)c2ccccc2)CC1.Cl.Cl. The van der Waals surface area contributed by atoms with Crippen LogP contribution >= 0.6 is 24.8 Å². The van der Waals surface area contributed by atoms with Crippen LogP contribution in [0.15, 0.2) is 54.6 Å². The predicted molar refractivity (Wildman–Crippen MR) is 207 cm³/mol. The molecule has 1 saturated carbocycles. The van der Waals surface area contributed by atoms with Crippen molar-refractivity contribution in [2.45, 2.75) is 134 Å². The summed E-state index contributed by atoms with van der Waals surface area (Å²) < 4.78 is 17.5. The highest BCUT2D eigenvalue weighted by Crippen LogP contribution is 2.52. The zero-order chi connectivity index (χ0) is 33.2. The molecule has 0 radical (unpaired) electrons. The Morgan fingerprint density at radius 3 is 1.69 bits per heavy atom. The van der Waals surface area contributed by atoms with Crippen LogP contribution < -0.4 is 4.74 Å². The van der Waals surface area contributed by atoms with E-state index in [1.165, 1.54) is 103 Å². The Labute approximate surface area is 310 Å².